The second-order valence-electron chi connectivity index (χ2n) is 8.07. The summed E-state index contributed by atoms with van der Waals surface area (Å²) in [5.74, 6) is 5.43. The van der Waals surface area contributed by atoms with Crippen molar-refractivity contribution in [3.8, 4) is 0 Å². The number of allylic oxidation sites excluding steroid dienone is 2. The third kappa shape index (κ3) is 0.978. The highest BCUT2D eigenvalue weighted by molar-refractivity contribution is 6.76. The van der Waals surface area contributed by atoms with Crippen molar-refractivity contribution >= 4 is 8.07 Å². The van der Waals surface area contributed by atoms with Crippen LogP contribution in [0, 0.1) is 35.0 Å². The van der Waals surface area contributed by atoms with Crippen molar-refractivity contribution in [2.45, 2.75) is 44.9 Å². The van der Waals surface area contributed by atoms with Crippen molar-refractivity contribution in [3.05, 3.63) is 12.2 Å². The first-order valence-corrected chi connectivity index (χ1v) is 10.9. The van der Waals surface area contributed by atoms with Gasteiger partial charge in [0.1, 0.15) is 0 Å². The van der Waals surface area contributed by atoms with Crippen LogP contribution in [0.25, 0.3) is 0 Å². The Morgan fingerprint density at radius 3 is 2.50 bits per heavy atom. The molecule has 0 aromatic rings. The molecular weight excluding hydrogens is 208 g/mol. The smallest absolute Gasteiger partial charge is 0.0448 e. The molecule has 0 aliphatic heterocycles. The van der Waals surface area contributed by atoms with Crippen LogP contribution in [0.1, 0.15) is 19.3 Å². The van der Waals surface area contributed by atoms with Gasteiger partial charge in [0.2, 0.25) is 0 Å². The Bertz CT molecular complexity index is 364. The number of rotatable bonds is 2. The van der Waals surface area contributed by atoms with E-state index in [0.717, 1.165) is 35.0 Å². The topological polar surface area (TPSA) is 0 Å². The Morgan fingerprint density at radius 2 is 1.75 bits per heavy atom. The lowest BCUT2D eigenvalue weighted by molar-refractivity contribution is 0.303. The first-order valence-electron chi connectivity index (χ1n) is 7.22. The highest BCUT2D eigenvalue weighted by atomic mass is 28.3. The highest BCUT2D eigenvalue weighted by Gasteiger charge is 2.78. The molecule has 88 valence electrons. The van der Waals surface area contributed by atoms with Crippen LogP contribution in [-0.2, 0) is 0 Å². The Hall–Kier alpha value is -0.0431. The maximum absolute atomic E-state index is 2.64. The van der Waals surface area contributed by atoms with Crippen molar-refractivity contribution in [2.75, 3.05) is 0 Å². The molecule has 4 aliphatic rings. The second-order valence-corrected chi connectivity index (χ2v) is 13.5. The predicted molar refractivity (Wildman–Crippen MR) is 71.0 cm³/mol. The fourth-order valence-corrected chi connectivity index (χ4v) is 8.61. The van der Waals surface area contributed by atoms with Crippen molar-refractivity contribution in [3.63, 3.8) is 0 Å². The van der Waals surface area contributed by atoms with Crippen LogP contribution in [0.3, 0.4) is 0 Å². The van der Waals surface area contributed by atoms with Gasteiger partial charge >= 0.3 is 0 Å². The van der Waals surface area contributed by atoms with Gasteiger partial charge in [-0.05, 0) is 47.8 Å². The van der Waals surface area contributed by atoms with Crippen molar-refractivity contribution < 1.29 is 0 Å². The molecule has 6 atom stereocenters. The summed E-state index contributed by atoms with van der Waals surface area (Å²) in [4.78, 5) is 0. The minimum absolute atomic E-state index is 0.820. The maximum Gasteiger partial charge on any atom is 0.0448 e. The molecule has 0 saturated heterocycles. The molecule has 0 heterocycles. The molecule has 5 unspecified atom stereocenters. The molecule has 0 nitrogen and oxygen atoms in total. The van der Waals surface area contributed by atoms with Crippen molar-refractivity contribution in [1.29, 1.82) is 0 Å². The van der Waals surface area contributed by atoms with Gasteiger partial charge in [0, 0.05) is 8.07 Å². The molecule has 0 N–H and O–H groups in total. The van der Waals surface area contributed by atoms with Gasteiger partial charge in [-0.25, -0.2) is 0 Å². The molecular formula is C15H24Si. The molecule has 0 radical (unpaired) electrons. The van der Waals surface area contributed by atoms with Crippen LogP contribution < -0.4 is 0 Å². The number of hydrogen-bond acceptors (Lipinski definition) is 0. The lowest BCUT2D eigenvalue weighted by atomic mass is 9.84. The van der Waals surface area contributed by atoms with E-state index in [9.17, 15) is 0 Å². The van der Waals surface area contributed by atoms with Crippen LogP contribution in [0.2, 0.25) is 25.7 Å². The lowest BCUT2D eigenvalue weighted by Crippen LogP contribution is -2.29. The van der Waals surface area contributed by atoms with E-state index >= 15 is 0 Å². The first-order chi connectivity index (χ1) is 7.54. The fourth-order valence-electron chi connectivity index (χ4n) is 6.07. The van der Waals surface area contributed by atoms with Gasteiger partial charge in [-0.15, -0.1) is 0 Å². The molecule has 16 heavy (non-hydrogen) atoms. The van der Waals surface area contributed by atoms with Crippen molar-refractivity contribution in [1.82, 2.24) is 0 Å². The predicted octanol–water partition coefficient (Wildman–Crippen LogP) is 4.17. The van der Waals surface area contributed by atoms with Crippen LogP contribution in [-0.4, -0.2) is 8.07 Å². The van der Waals surface area contributed by atoms with Gasteiger partial charge in [0.15, 0.2) is 0 Å². The Balaban J connectivity index is 1.69. The standard InChI is InChI=1S/C15H24Si/c1-16(2,3)9-15-12-7-8-13(15)14(15)11-6-4-5-10(11)12/h7-8,10-14H,4-6,9H2,1-3H3/t10?,11?,12?,13?,14?,15-/m1/s1. The second kappa shape index (κ2) is 2.68. The Labute approximate surface area is 101 Å². The molecule has 1 heteroatoms. The van der Waals surface area contributed by atoms with Gasteiger partial charge in [-0.1, -0.05) is 44.3 Å². The lowest BCUT2D eigenvalue weighted by Gasteiger charge is -2.29. The molecule has 4 aliphatic carbocycles. The molecule has 3 fully saturated rings. The minimum Gasteiger partial charge on any atom is -0.0842 e. The summed E-state index contributed by atoms with van der Waals surface area (Å²) in [6.07, 6.45) is 9.91. The molecule has 0 aromatic heterocycles. The minimum atomic E-state index is -0.884. The van der Waals surface area contributed by atoms with E-state index in [1.165, 1.54) is 6.42 Å². The third-order valence-electron chi connectivity index (χ3n) is 6.05. The molecule has 0 amide bonds. The summed E-state index contributed by atoms with van der Waals surface area (Å²) in [7, 11) is -0.884. The van der Waals surface area contributed by atoms with E-state index in [1.807, 2.05) is 0 Å². The third-order valence-corrected chi connectivity index (χ3v) is 7.72. The highest BCUT2D eigenvalue weighted by Crippen LogP contribution is 2.83. The Kier molecular flexibility index (Phi) is 1.67. The average Bonchev–Trinajstić information content (AvgIpc) is 2.51. The monoisotopic (exact) mass is 232 g/mol. The van der Waals surface area contributed by atoms with Crippen LogP contribution in [0.5, 0.6) is 0 Å². The Morgan fingerprint density at radius 1 is 1.06 bits per heavy atom. The molecule has 0 aromatic carbocycles. The van der Waals surface area contributed by atoms with Crippen LogP contribution >= 0.6 is 0 Å². The molecule has 4 rings (SSSR count). The van der Waals surface area contributed by atoms with E-state index in [0.29, 0.717) is 0 Å². The van der Waals surface area contributed by atoms with Crippen LogP contribution in [0.15, 0.2) is 12.2 Å². The molecule has 0 bridgehead atoms. The first kappa shape index (κ1) is 9.93. The normalized spacial score (nSPS) is 56.6. The van der Waals surface area contributed by atoms with E-state index in [4.69, 9.17) is 0 Å². The maximum atomic E-state index is 2.64. The van der Waals surface area contributed by atoms with Gasteiger partial charge in [-0.2, -0.15) is 0 Å². The quantitative estimate of drug-likeness (QED) is 0.495. The summed E-state index contributed by atoms with van der Waals surface area (Å²) < 4.78 is 0. The number of hydrogen-bond donors (Lipinski definition) is 0. The number of fused-ring (bicyclic) bond motifs is 4. The summed E-state index contributed by atoms with van der Waals surface area (Å²) in [6.45, 7) is 7.72. The zero-order valence-electron chi connectivity index (χ0n) is 10.9. The molecule has 0 spiro atoms. The van der Waals surface area contributed by atoms with Crippen LogP contribution in [0.4, 0.5) is 0 Å². The summed E-state index contributed by atoms with van der Waals surface area (Å²) in [5.41, 5.74) is 0.820. The van der Waals surface area contributed by atoms with Gasteiger partial charge in [-0.3, -0.25) is 0 Å². The van der Waals surface area contributed by atoms with E-state index in [2.05, 4.69) is 31.8 Å². The zero-order valence-corrected chi connectivity index (χ0v) is 11.9. The van der Waals surface area contributed by atoms with Gasteiger partial charge in [0.25, 0.3) is 0 Å². The molecule has 3 saturated carbocycles. The van der Waals surface area contributed by atoms with Gasteiger partial charge < -0.3 is 0 Å². The summed E-state index contributed by atoms with van der Waals surface area (Å²) >= 11 is 0. The average molecular weight is 232 g/mol. The van der Waals surface area contributed by atoms with Gasteiger partial charge in [0.05, 0.1) is 0 Å². The van der Waals surface area contributed by atoms with Crippen molar-refractivity contribution in [2.24, 2.45) is 35.0 Å². The summed E-state index contributed by atoms with van der Waals surface area (Å²) in [5, 5.41) is 0. The summed E-state index contributed by atoms with van der Waals surface area (Å²) in [6, 6.07) is 1.61. The van der Waals surface area contributed by atoms with E-state index in [1.54, 1.807) is 18.9 Å². The van der Waals surface area contributed by atoms with E-state index < -0.39 is 8.07 Å². The largest absolute Gasteiger partial charge is 0.0842 e. The zero-order chi connectivity index (χ0) is 11.1. The SMILES string of the molecule is C[Si](C)(C)C[C@@]12C3C=CC1C2C1CCCC13. The fraction of sp³-hybridized carbons (Fsp3) is 0.867. The van der Waals surface area contributed by atoms with E-state index in [-0.39, 0.29) is 0 Å².